The maximum Gasteiger partial charge on any atom is 0.503 e. The highest BCUT2D eigenvalue weighted by Gasteiger charge is 2.40. The molecule has 5 nitrogen and oxygen atoms in total. The largest absolute Gasteiger partial charge is 0.503 e. The van der Waals surface area contributed by atoms with Crippen LogP contribution in [-0.4, -0.2) is 15.6 Å². The molecule has 7 heteroatoms. The summed E-state index contributed by atoms with van der Waals surface area (Å²) in [6, 6.07) is 64.0. The number of halogens is 2. The van der Waals surface area contributed by atoms with Gasteiger partial charge in [0.2, 0.25) is 11.4 Å². The third-order valence-corrected chi connectivity index (χ3v) is 13.6. The molecule has 0 fully saturated rings. The van der Waals surface area contributed by atoms with Gasteiger partial charge < -0.3 is 4.74 Å². The Labute approximate surface area is 413 Å². The van der Waals surface area contributed by atoms with Crippen LogP contribution in [0.15, 0.2) is 188 Å². The van der Waals surface area contributed by atoms with Crippen molar-refractivity contribution in [1.29, 1.82) is 0 Å². The van der Waals surface area contributed by atoms with Gasteiger partial charge in [0.25, 0.3) is 11.4 Å². The van der Waals surface area contributed by atoms with Crippen LogP contribution in [0.2, 0.25) is 0 Å². The number of nitrogens with zero attached hydrogens (tertiary/aromatic N) is 4. The van der Waals surface area contributed by atoms with E-state index in [0.29, 0.717) is 22.6 Å². The lowest BCUT2D eigenvalue weighted by atomic mass is 9.88. The maximum absolute atomic E-state index is 15.2. The quantitative estimate of drug-likeness (QED) is 0.128. The monoisotopic (exact) mass is 932 g/mol. The molecule has 0 radical (unpaired) electrons. The third-order valence-electron chi connectivity index (χ3n) is 13.6. The summed E-state index contributed by atoms with van der Waals surface area (Å²) < 4.78 is 43.7. The maximum atomic E-state index is 15.2. The van der Waals surface area contributed by atoms with Crippen molar-refractivity contribution in [3.8, 4) is 50.7 Å². The molecule has 0 spiro atoms. The molecule has 0 atom stereocenters. The highest BCUT2D eigenvalue weighted by atomic mass is 19.1. The van der Waals surface area contributed by atoms with Gasteiger partial charge in [0.05, 0.1) is 28.2 Å². The van der Waals surface area contributed by atoms with Crippen molar-refractivity contribution in [3.05, 3.63) is 217 Å². The Morgan fingerprint density at radius 2 is 1.15 bits per heavy atom. The van der Waals surface area contributed by atoms with Crippen LogP contribution in [0.25, 0.3) is 61.0 Å². The van der Waals surface area contributed by atoms with Crippen molar-refractivity contribution in [2.75, 3.05) is 0 Å². The SMILES string of the molecule is CC(C)c1cc(-c2cccc(-c3cc(F)cc(F)c3)c2[N+]2=C=[N+](c3cc(Oc4ccc5c6ccccc6n(-c6cc(C(C)(C)C)ccn6)c5c4)cc(-c4ccccc4)c3)c3ccccc32)cc(C(C)C)c1. The molecule has 8 aromatic carbocycles. The zero-order valence-corrected chi connectivity index (χ0v) is 41.0. The third kappa shape index (κ3) is 8.53. The standard InChI is InChI=1S/C64H54F2N4O/c1-40(2)43-28-44(41(3)4)30-46(29-43)54-19-15-20-55(47-31-49(65)36-50(66)32-47)63(54)69-39-68(59-22-13-14-23-60(59)69)51-33-45(42-16-9-8-10-17-42)34-53(37-51)71-52-24-25-57-56-18-11-12-21-58(56)70(61(57)38-52)62-35-48(26-27-67-62)64(5,6)7/h8-38,40-41H,1-7H3/q+2. The fraction of sp³-hybridized carbons (Fsp3) is 0.156. The molecule has 0 saturated carbocycles. The van der Waals surface area contributed by atoms with E-state index in [0.717, 1.165) is 78.7 Å². The van der Waals surface area contributed by atoms with Crippen molar-refractivity contribution >= 4 is 50.6 Å². The average Bonchev–Trinajstić information content (AvgIpc) is 3.91. The predicted octanol–water partition coefficient (Wildman–Crippen LogP) is 17.7. The van der Waals surface area contributed by atoms with Crippen molar-refractivity contribution in [1.82, 2.24) is 18.7 Å². The smallest absolute Gasteiger partial charge is 0.457 e. The number of hydrogen-bond donors (Lipinski definition) is 0. The topological polar surface area (TPSA) is 33.1 Å². The number of rotatable bonds is 10. The number of fused-ring (bicyclic) bond motifs is 4. The fourth-order valence-electron chi connectivity index (χ4n) is 9.85. The van der Waals surface area contributed by atoms with E-state index in [2.05, 4.69) is 173 Å². The summed E-state index contributed by atoms with van der Waals surface area (Å²) in [4.78, 5) is 4.90. The van der Waals surface area contributed by atoms with E-state index >= 15 is 8.78 Å². The molecule has 0 aliphatic carbocycles. The molecule has 11 rings (SSSR count). The Bertz CT molecular complexity index is 3750. The first kappa shape index (κ1) is 45.2. The van der Waals surface area contributed by atoms with Gasteiger partial charge in [-0.3, -0.25) is 4.57 Å². The lowest BCUT2D eigenvalue weighted by Gasteiger charge is -2.20. The summed E-state index contributed by atoms with van der Waals surface area (Å²) in [7, 11) is 0. The Balaban J connectivity index is 1.12. The van der Waals surface area contributed by atoms with Gasteiger partial charge in [-0.25, -0.2) is 13.8 Å². The molecule has 10 aromatic rings. The molecule has 0 bridgehead atoms. The van der Waals surface area contributed by atoms with Gasteiger partial charge in [-0.1, -0.05) is 133 Å². The first-order valence-corrected chi connectivity index (χ1v) is 24.4. The minimum atomic E-state index is -0.645. The number of ether oxygens (including phenoxy) is 1. The van der Waals surface area contributed by atoms with E-state index in [4.69, 9.17) is 9.72 Å². The van der Waals surface area contributed by atoms with E-state index in [-0.39, 0.29) is 17.3 Å². The van der Waals surface area contributed by atoms with Crippen LogP contribution in [-0.2, 0) is 5.41 Å². The first-order valence-electron chi connectivity index (χ1n) is 24.4. The van der Waals surface area contributed by atoms with Gasteiger partial charge in [-0.2, -0.15) is 0 Å². The van der Waals surface area contributed by atoms with Crippen LogP contribution in [0.3, 0.4) is 0 Å². The van der Waals surface area contributed by atoms with Crippen LogP contribution >= 0.6 is 0 Å². The normalized spacial score (nSPS) is 12.5. The lowest BCUT2D eigenvalue weighted by molar-refractivity contribution is 0.483. The second kappa shape index (κ2) is 17.9. The Morgan fingerprint density at radius 1 is 0.521 bits per heavy atom. The van der Waals surface area contributed by atoms with Gasteiger partial charge in [-0.05, 0) is 126 Å². The summed E-state index contributed by atoms with van der Waals surface area (Å²) in [5.41, 5.74) is 13.9. The molecule has 71 heavy (non-hydrogen) atoms. The summed E-state index contributed by atoms with van der Waals surface area (Å²) in [5, 5.41) is 2.23. The van der Waals surface area contributed by atoms with Crippen molar-refractivity contribution in [2.45, 2.75) is 65.7 Å². The van der Waals surface area contributed by atoms with Gasteiger partial charge in [0, 0.05) is 47.3 Å². The predicted molar refractivity (Wildman–Crippen MR) is 289 cm³/mol. The fourth-order valence-corrected chi connectivity index (χ4v) is 9.85. The second-order valence-corrected chi connectivity index (χ2v) is 20.2. The van der Waals surface area contributed by atoms with E-state index in [9.17, 15) is 0 Å². The summed E-state index contributed by atoms with van der Waals surface area (Å²) in [6.07, 6.45) is 1.90. The number of pyridine rings is 1. The highest BCUT2D eigenvalue weighted by molar-refractivity contribution is 6.09. The second-order valence-electron chi connectivity index (χ2n) is 20.2. The number of hydrogen-bond acceptors (Lipinski definition) is 2. The van der Waals surface area contributed by atoms with Crippen LogP contribution in [0, 0.1) is 11.6 Å². The van der Waals surface area contributed by atoms with E-state index in [1.807, 2.05) is 65.4 Å². The number of benzene rings is 8. The molecule has 1 aliphatic rings. The van der Waals surface area contributed by atoms with Crippen LogP contribution in [0.4, 0.5) is 31.5 Å². The van der Waals surface area contributed by atoms with Crippen molar-refractivity contribution in [3.63, 3.8) is 0 Å². The molecule has 0 unspecified atom stereocenters. The molecule has 0 saturated heterocycles. The van der Waals surface area contributed by atoms with Gasteiger partial charge in [0.15, 0.2) is 0 Å². The van der Waals surface area contributed by atoms with Gasteiger partial charge >= 0.3 is 6.01 Å². The lowest BCUT2D eigenvalue weighted by Crippen LogP contribution is -2.12. The summed E-state index contributed by atoms with van der Waals surface area (Å²) in [5.74, 6) is 1.42. The zero-order valence-electron chi connectivity index (χ0n) is 41.0. The highest BCUT2D eigenvalue weighted by Crippen LogP contribution is 2.47. The molecular formula is C64H54F2N4O+2. The van der Waals surface area contributed by atoms with Crippen molar-refractivity contribution in [2.24, 2.45) is 0 Å². The van der Waals surface area contributed by atoms with Crippen LogP contribution in [0.1, 0.15) is 77.0 Å². The number of para-hydroxylation sites is 4. The Kier molecular flexibility index (Phi) is 11.4. The first-order chi connectivity index (χ1) is 34.3. The zero-order chi connectivity index (χ0) is 49.1. The molecule has 0 amide bonds. The van der Waals surface area contributed by atoms with E-state index < -0.39 is 11.6 Å². The van der Waals surface area contributed by atoms with Crippen molar-refractivity contribution < 1.29 is 13.5 Å². The minimum Gasteiger partial charge on any atom is -0.457 e. The molecular weight excluding hydrogens is 879 g/mol. The number of aromatic nitrogens is 2. The molecule has 3 heterocycles. The van der Waals surface area contributed by atoms with Gasteiger partial charge in [-0.15, -0.1) is 0 Å². The van der Waals surface area contributed by atoms with Crippen LogP contribution < -0.4 is 13.9 Å². The Morgan fingerprint density at radius 3 is 1.85 bits per heavy atom. The summed E-state index contributed by atoms with van der Waals surface area (Å²) >= 11 is 0. The Hall–Kier alpha value is -8.25. The molecule has 348 valence electrons. The average molecular weight is 933 g/mol. The van der Waals surface area contributed by atoms with Gasteiger partial charge in [0.1, 0.15) is 29.0 Å². The molecule has 0 N–H and O–H groups in total. The van der Waals surface area contributed by atoms with Crippen LogP contribution in [0.5, 0.6) is 11.5 Å². The van der Waals surface area contributed by atoms with E-state index in [1.165, 1.54) is 28.8 Å². The molecule has 2 aromatic heterocycles. The summed E-state index contributed by atoms with van der Waals surface area (Å²) in [6.45, 7) is 15.5. The minimum absolute atomic E-state index is 0.0583. The van der Waals surface area contributed by atoms with E-state index in [1.54, 1.807) is 0 Å². The molecule has 1 aliphatic heterocycles.